The summed E-state index contributed by atoms with van der Waals surface area (Å²) in [4.78, 5) is 4.84. The molecule has 7 nitrogen and oxygen atoms in total. The van der Waals surface area contributed by atoms with Crippen LogP contribution in [0.2, 0.25) is 0 Å². The normalized spacial score (nSPS) is 17.6. The minimum absolute atomic E-state index is 0.278. The van der Waals surface area contributed by atoms with E-state index in [9.17, 15) is 8.42 Å². The quantitative estimate of drug-likeness (QED) is 0.704. The molecule has 1 aromatic carbocycles. The van der Waals surface area contributed by atoms with Gasteiger partial charge in [-0.15, -0.1) is 11.3 Å². The molecule has 3 aromatic rings. The molecule has 3 heterocycles. The van der Waals surface area contributed by atoms with Crippen LogP contribution in [0.4, 0.5) is 5.13 Å². The highest BCUT2D eigenvalue weighted by Gasteiger charge is 2.43. The number of aromatic nitrogens is 3. The van der Waals surface area contributed by atoms with Gasteiger partial charge in [-0.3, -0.25) is 4.68 Å². The summed E-state index contributed by atoms with van der Waals surface area (Å²) in [7, 11) is -1.84. The maximum atomic E-state index is 13.1. The first-order valence-electron chi connectivity index (χ1n) is 9.10. The van der Waals surface area contributed by atoms with Crippen molar-refractivity contribution in [1.82, 2.24) is 19.1 Å². The van der Waals surface area contributed by atoms with Crippen molar-refractivity contribution in [1.29, 1.82) is 0 Å². The van der Waals surface area contributed by atoms with Crippen LogP contribution in [-0.2, 0) is 22.5 Å². The van der Waals surface area contributed by atoms with E-state index in [2.05, 4.69) is 22.2 Å². The highest BCUT2D eigenvalue weighted by molar-refractivity contribution is 7.89. The van der Waals surface area contributed by atoms with Gasteiger partial charge in [-0.2, -0.15) is 9.40 Å². The van der Waals surface area contributed by atoms with E-state index in [1.165, 1.54) is 11.3 Å². The molecule has 0 aliphatic carbocycles. The Morgan fingerprint density at radius 2 is 1.86 bits per heavy atom. The van der Waals surface area contributed by atoms with Crippen molar-refractivity contribution in [3.63, 3.8) is 0 Å². The highest BCUT2D eigenvalue weighted by atomic mass is 32.2. The molecule has 9 heteroatoms. The minimum atomic E-state index is -3.57. The van der Waals surface area contributed by atoms with E-state index in [4.69, 9.17) is 5.73 Å². The Balaban J connectivity index is 1.67. The van der Waals surface area contributed by atoms with E-state index < -0.39 is 10.0 Å². The maximum Gasteiger partial charge on any atom is 0.246 e. The van der Waals surface area contributed by atoms with E-state index in [0.717, 1.165) is 11.3 Å². The molecule has 2 N–H and O–H groups in total. The molecule has 0 amide bonds. The monoisotopic (exact) mass is 417 g/mol. The van der Waals surface area contributed by atoms with Crippen molar-refractivity contribution >= 4 is 26.5 Å². The van der Waals surface area contributed by atoms with Crippen LogP contribution in [0, 0.1) is 6.92 Å². The average Bonchev–Trinajstić information content (AvgIpc) is 3.28. The van der Waals surface area contributed by atoms with Crippen molar-refractivity contribution in [2.24, 2.45) is 7.05 Å². The van der Waals surface area contributed by atoms with Gasteiger partial charge >= 0.3 is 0 Å². The molecule has 4 rings (SSSR count). The van der Waals surface area contributed by atoms with Crippen LogP contribution in [0.3, 0.4) is 0 Å². The van der Waals surface area contributed by atoms with Crippen LogP contribution in [0.1, 0.15) is 29.8 Å². The number of hydrogen-bond acceptors (Lipinski definition) is 6. The molecule has 0 unspecified atom stereocenters. The summed E-state index contributed by atoms with van der Waals surface area (Å²) < 4.78 is 29.4. The minimum Gasteiger partial charge on any atom is -0.375 e. The number of nitrogens with two attached hydrogens (primary N) is 1. The third-order valence-corrected chi connectivity index (χ3v) is 8.18. The zero-order valence-corrected chi connectivity index (χ0v) is 17.5. The van der Waals surface area contributed by atoms with Crippen LogP contribution < -0.4 is 5.73 Å². The molecule has 1 aliphatic heterocycles. The standard InChI is InChI=1S/C19H23N5O2S2/c1-14-16(12-23(2)22-14)28(25,26)24-10-8-19(9-11-24,15-6-4-3-5-7-15)17-13-27-18(20)21-17/h3-7,12-13H,8-11H2,1-2H3,(H2,20,21). The average molecular weight is 418 g/mol. The number of sulfonamides is 1. The molecule has 0 radical (unpaired) electrons. The molecule has 1 saturated heterocycles. The van der Waals surface area contributed by atoms with Gasteiger partial charge in [0.2, 0.25) is 10.0 Å². The Hall–Kier alpha value is -2.23. The molecule has 0 atom stereocenters. The van der Waals surface area contributed by atoms with Gasteiger partial charge in [-0.1, -0.05) is 30.3 Å². The molecule has 0 spiro atoms. The summed E-state index contributed by atoms with van der Waals surface area (Å²) in [5.74, 6) is 0. The number of piperidine rings is 1. The van der Waals surface area contributed by atoms with Crippen molar-refractivity contribution in [3.8, 4) is 0 Å². The maximum absolute atomic E-state index is 13.1. The number of hydrogen-bond donors (Lipinski definition) is 1. The predicted octanol–water partition coefficient (Wildman–Crippen LogP) is 2.54. The van der Waals surface area contributed by atoms with Crippen molar-refractivity contribution in [2.75, 3.05) is 18.8 Å². The SMILES string of the molecule is Cc1nn(C)cc1S(=O)(=O)N1CCC(c2ccccc2)(c2csc(N)n2)CC1. The van der Waals surface area contributed by atoms with Crippen LogP contribution in [0.15, 0.2) is 46.8 Å². The highest BCUT2D eigenvalue weighted by Crippen LogP contribution is 2.43. The van der Waals surface area contributed by atoms with Crippen LogP contribution >= 0.6 is 11.3 Å². The van der Waals surface area contributed by atoms with E-state index in [1.807, 2.05) is 23.6 Å². The zero-order valence-electron chi connectivity index (χ0n) is 15.9. The van der Waals surface area contributed by atoms with Gasteiger partial charge in [-0.25, -0.2) is 13.4 Å². The molecule has 2 aromatic heterocycles. The van der Waals surface area contributed by atoms with Gasteiger partial charge < -0.3 is 5.73 Å². The summed E-state index contributed by atoms with van der Waals surface area (Å²) >= 11 is 1.42. The Morgan fingerprint density at radius 1 is 1.18 bits per heavy atom. The Morgan fingerprint density at radius 3 is 2.39 bits per heavy atom. The number of nitrogen functional groups attached to an aromatic ring is 1. The number of aryl methyl sites for hydroxylation is 2. The van der Waals surface area contributed by atoms with E-state index in [1.54, 1.807) is 29.2 Å². The lowest BCUT2D eigenvalue weighted by atomic mass is 9.71. The summed E-state index contributed by atoms with van der Waals surface area (Å²) in [5.41, 5.74) is 8.18. The van der Waals surface area contributed by atoms with Gasteiger partial charge in [0.1, 0.15) is 4.90 Å². The zero-order chi connectivity index (χ0) is 19.9. The fourth-order valence-electron chi connectivity index (χ4n) is 4.04. The lowest BCUT2D eigenvalue weighted by Crippen LogP contribution is -2.46. The van der Waals surface area contributed by atoms with Gasteiger partial charge in [0.05, 0.1) is 11.4 Å². The van der Waals surface area contributed by atoms with E-state index >= 15 is 0 Å². The van der Waals surface area contributed by atoms with E-state index in [0.29, 0.717) is 36.8 Å². The smallest absolute Gasteiger partial charge is 0.246 e. The third kappa shape index (κ3) is 3.13. The first-order valence-corrected chi connectivity index (χ1v) is 11.4. The lowest BCUT2D eigenvalue weighted by Gasteiger charge is -2.40. The van der Waals surface area contributed by atoms with Crippen molar-refractivity contribution in [2.45, 2.75) is 30.1 Å². The fraction of sp³-hybridized carbons (Fsp3) is 0.368. The fourth-order valence-corrected chi connectivity index (χ4v) is 6.34. The summed E-state index contributed by atoms with van der Waals surface area (Å²) in [6.45, 7) is 2.56. The van der Waals surface area contributed by atoms with Gasteiger partial charge in [0, 0.05) is 37.1 Å². The second kappa shape index (κ2) is 6.98. The van der Waals surface area contributed by atoms with Crippen molar-refractivity contribution < 1.29 is 8.42 Å². The molecule has 1 aliphatic rings. The largest absolute Gasteiger partial charge is 0.375 e. The topological polar surface area (TPSA) is 94.1 Å². The van der Waals surface area contributed by atoms with Crippen LogP contribution in [-0.4, -0.2) is 40.6 Å². The summed E-state index contributed by atoms with van der Waals surface area (Å²) in [5, 5.41) is 6.72. The number of nitrogens with zero attached hydrogens (tertiary/aromatic N) is 4. The first kappa shape index (κ1) is 19.1. The molecule has 0 saturated carbocycles. The van der Waals surface area contributed by atoms with Gasteiger partial charge in [0.15, 0.2) is 5.13 Å². The molecular weight excluding hydrogens is 394 g/mol. The predicted molar refractivity (Wildman–Crippen MR) is 110 cm³/mol. The summed E-state index contributed by atoms with van der Waals surface area (Å²) in [6, 6.07) is 10.2. The third-order valence-electron chi connectivity index (χ3n) is 5.50. The number of benzene rings is 1. The second-order valence-corrected chi connectivity index (χ2v) is 9.97. The first-order chi connectivity index (χ1) is 13.3. The van der Waals surface area contributed by atoms with Crippen LogP contribution in [0.25, 0.3) is 0 Å². The lowest BCUT2D eigenvalue weighted by molar-refractivity contribution is 0.262. The number of rotatable bonds is 4. The number of anilines is 1. The molecule has 1 fully saturated rings. The molecular formula is C19H23N5O2S2. The Labute approximate surface area is 168 Å². The molecule has 148 valence electrons. The Bertz CT molecular complexity index is 1080. The van der Waals surface area contributed by atoms with Crippen molar-refractivity contribution in [3.05, 3.63) is 58.9 Å². The van der Waals surface area contributed by atoms with Gasteiger partial charge in [0.25, 0.3) is 0 Å². The summed E-state index contributed by atoms with van der Waals surface area (Å²) in [6.07, 6.45) is 2.88. The van der Waals surface area contributed by atoms with Crippen LogP contribution in [0.5, 0.6) is 0 Å². The number of thiazole rings is 1. The molecule has 0 bridgehead atoms. The van der Waals surface area contributed by atoms with Gasteiger partial charge in [-0.05, 0) is 25.3 Å². The van der Waals surface area contributed by atoms with E-state index in [-0.39, 0.29) is 10.3 Å². The molecule has 28 heavy (non-hydrogen) atoms. The second-order valence-electron chi connectivity index (χ2n) is 7.18. The Kier molecular flexibility index (Phi) is 4.76.